The third-order valence-electron chi connectivity index (χ3n) is 2.40. The lowest BCUT2D eigenvalue weighted by Crippen LogP contribution is -2.28. The van der Waals surface area contributed by atoms with E-state index in [2.05, 4.69) is 5.32 Å². The Morgan fingerprint density at radius 2 is 2.28 bits per heavy atom. The van der Waals surface area contributed by atoms with E-state index in [0.717, 1.165) is 5.56 Å². The fourth-order valence-electron chi connectivity index (χ4n) is 1.50. The molecule has 1 aliphatic heterocycles. The summed E-state index contributed by atoms with van der Waals surface area (Å²) in [7, 11) is 0. The molecule has 1 heterocycles. The molecule has 1 aliphatic rings. The third kappa shape index (κ3) is 3.24. The average Bonchev–Trinajstić information content (AvgIpc) is 2.81. The first-order valence-corrected chi connectivity index (χ1v) is 5.69. The number of rotatable bonds is 4. The van der Waals surface area contributed by atoms with Gasteiger partial charge in [-0.1, -0.05) is 6.07 Å². The molecule has 0 fully saturated rings. The van der Waals surface area contributed by atoms with Crippen LogP contribution < -0.4 is 14.8 Å². The first-order valence-electron chi connectivity index (χ1n) is 5.69. The molecule has 2 rings (SSSR count). The molecule has 1 aromatic carbocycles. The van der Waals surface area contributed by atoms with E-state index in [-0.39, 0.29) is 19.2 Å². The lowest BCUT2D eigenvalue weighted by atomic mass is 10.2. The predicted molar refractivity (Wildman–Crippen MR) is 66.3 cm³/mol. The summed E-state index contributed by atoms with van der Waals surface area (Å²) in [5.74, 6) is 1.15. The molecule has 5 heteroatoms. The maximum atomic E-state index is 11.4. The van der Waals surface area contributed by atoms with Gasteiger partial charge in [0.1, 0.15) is 0 Å². The number of ether oxygens (including phenoxy) is 2. The molecular formula is C13H15NO4. The molecule has 0 spiro atoms. The molecule has 1 aromatic rings. The van der Waals surface area contributed by atoms with Gasteiger partial charge >= 0.3 is 0 Å². The summed E-state index contributed by atoms with van der Waals surface area (Å²) in [6, 6.07) is 5.45. The molecule has 0 bridgehead atoms. The lowest BCUT2D eigenvalue weighted by Gasteiger charge is -2.03. The SMILES string of the molecule is C[C@H](O)CNC(=O)/C=C/c1ccc2c(c1)OCO2. The number of benzene rings is 1. The highest BCUT2D eigenvalue weighted by Gasteiger charge is 2.12. The van der Waals surface area contributed by atoms with E-state index < -0.39 is 6.10 Å². The van der Waals surface area contributed by atoms with Crippen LogP contribution in [-0.4, -0.2) is 30.5 Å². The van der Waals surface area contributed by atoms with E-state index in [0.29, 0.717) is 11.5 Å². The molecule has 1 atom stereocenters. The lowest BCUT2D eigenvalue weighted by molar-refractivity contribution is -0.116. The molecule has 5 nitrogen and oxygen atoms in total. The zero-order chi connectivity index (χ0) is 13.0. The molecule has 0 radical (unpaired) electrons. The summed E-state index contributed by atoms with van der Waals surface area (Å²) in [6.07, 6.45) is 2.55. The topological polar surface area (TPSA) is 67.8 Å². The zero-order valence-electron chi connectivity index (χ0n) is 10.1. The van der Waals surface area contributed by atoms with Crippen LogP contribution >= 0.6 is 0 Å². The van der Waals surface area contributed by atoms with Crippen molar-refractivity contribution in [2.75, 3.05) is 13.3 Å². The van der Waals surface area contributed by atoms with Crippen molar-refractivity contribution in [3.05, 3.63) is 29.8 Å². The highest BCUT2D eigenvalue weighted by molar-refractivity contribution is 5.91. The Kier molecular flexibility index (Phi) is 3.84. The quantitative estimate of drug-likeness (QED) is 0.779. The van der Waals surface area contributed by atoms with Gasteiger partial charge in [0.15, 0.2) is 11.5 Å². The fraction of sp³-hybridized carbons (Fsp3) is 0.308. The Balaban J connectivity index is 1.94. The molecule has 2 N–H and O–H groups in total. The number of carbonyl (C=O) groups excluding carboxylic acids is 1. The predicted octanol–water partition coefficient (Wildman–Crippen LogP) is 0.926. The maximum absolute atomic E-state index is 11.4. The number of hydrogen-bond donors (Lipinski definition) is 2. The van der Waals surface area contributed by atoms with Gasteiger partial charge in [0.05, 0.1) is 6.10 Å². The molecule has 0 saturated heterocycles. The average molecular weight is 249 g/mol. The van der Waals surface area contributed by atoms with Crippen LogP contribution in [0.2, 0.25) is 0 Å². The van der Waals surface area contributed by atoms with Crippen molar-refractivity contribution in [3.8, 4) is 11.5 Å². The normalized spacial score (nSPS) is 14.8. The Morgan fingerprint density at radius 3 is 3.06 bits per heavy atom. The smallest absolute Gasteiger partial charge is 0.244 e. The Morgan fingerprint density at radius 1 is 1.50 bits per heavy atom. The van der Waals surface area contributed by atoms with Gasteiger partial charge in [-0.3, -0.25) is 4.79 Å². The van der Waals surface area contributed by atoms with E-state index in [4.69, 9.17) is 14.6 Å². The fourth-order valence-corrected chi connectivity index (χ4v) is 1.50. The number of amides is 1. The van der Waals surface area contributed by atoms with Crippen LogP contribution in [0.1, 0.15) is 12.5 Å². The summed E-state index contributed by atoms with van der Waals surface area (Å²) in [5, 5.41) is 11.6. The second-order valence-corrected chi connectivity index (χ2v) is 4.04. The first kappa shape index (κ1) is 12.4. The van der Waals surface area contributed by atoms with Gasteiger partial charge in [-0.15, -0.1) is 0 Å². The standard InChI is InChI=1S/C13H15NO4/c1-9(15)7-14-13(16)5-3-10-2-4-11-12(6-10)18-8-17-11/h2-6,9,15H,7-8H2,1H3,(H,14,16)/b5-3+/t9-/m0/s1. The first-order chi connectivity index (χ1) is 8.65. The summed E-state index contributed by atoms with van der Waals surface area (Å²) in [6.45, 7) is 2.09. The number of aliphatic hydroxyl groups excluding tert-OH is 1. The van der Waals surface area contributed by atoms with E-state index in [1.54, 1.807) is 25.1 Å². The van der Waals surface area contributed by atoms with Crippen LogP contribution in [0, 0.1) is 0 Å². The minimum absolute atomic E-state index is 0.234. The van der Waals surface area contributed by atoms with E-state index in [1.807, 2.05) is 6.07 Å². The minimum Gasteiger partial charge on any atom is -0.454 e. The summed E-state index contributed by atoms with van der Waals surface area (Å²) in [4.78, 5) is 11.4. The van der Waals surface area contributed by atoms with Crippen molar-refractivity contribution in [3.63, 3.8) is 0 Å². The highest BCUT2D eigenvalue weighted by atomic mass is 16.7. The van der Waals surface area contributed by atoms with Crippen LogP contribution in [0.4, 0.5) is 0 Å². The summed E-state index contributed by atoms with van der Waals surface area (Å²) < 4.78 is 10.4. The van der Waals surface area contributed by atoms with Crippen molar-refractivity contribution in [1.29, 1.82) is 0 Å². The largest absolute Gasteiger partial charge is 0.454 e. The second-order valence-electron chi connectivity index (χ2n) is 4.04. The summed E-state index contributed by atoms with van der Waals surface area (Å²) in [5.41, 5.74) is 0.853. The summed E-state index contributed by atoms with van der Waals surface area (Å²) >= 11 is 0. The van der Waals surface area contributed by atoms with Crippen LogP contribution in [0.5, 0.6) is 11.5 Å². The van der Waals surface area contributed by atoms with Gasteiger partial charge in [-0.2, -0.15) is 0 Å². The van der Waals surface area contributed by atoms with E-state index in [9.17, 15) is 4.79 Å². The molecule has 96 valence electrons. The van der Waals surface area contributed by atoms with Gasteiger partial charge in [-0.05, 0) is 30.7 Å². The monoisotopic (exact) mass is 249 g/mol. The van der Waals surface area contributed by atoms with Crippen LogP contribution in [-0.2, 0) is 4.79 Å². The molecule has 1 amide bonds. The number of nitrogens with one attached hydrogen (secondary N) is 1. The van der Waals surface area contributed by atoms with Crippen LogP contribution in [0.3, 0.4) is 0 Å². The van der Waals surface area contributed by atoms with Crippen molar-refractivity contribution >= 4 is 12.0 Å². The van der Waals surface area contributed by atoms with Crippen molar-refractivity contribution in [2.24, 2.45) is 0 Å². The molecular weight excluding hydrogens is 234 g/mol. The van der Waals surface area contributed by atoms with Gasteiger partial charge in [0.2, 0.25) is 12.7 Å². The second kappa shape index (κ2) is 5.55. The maximum Gasteiger partial charge on any atom is 0.244 e. The molecule has 18 heavy (non-hydrogen) atoms. The molecule has 0 saturated carbocycles. The molecule has 0 unspecified atom stereocenters. The highest BCUT2D eigenvalue weighted by Crippen LogP contribution is 2.32. The number of aliphatic hydroxyl groups is 1. The van der Waals surface area contributed by atoms with Crippen molar-refractivity contribution < 1.29 is 19.4 Å². The van der Waals surface area contributed by atoms with Crippen LogP contribution in [0.15, 0.2) is 24.3 Å². The van der Waals surface area contributed by atoms with Gasteiger partial charge in [0.25, 0.3) is 0 Å². The van der Waals surface area contributed by atoms with E-state index >= 15 is 0 Å². The van der Waals surface area contributed by atoms with Crippen LogP contribution in [0.25, 0.3) is 6.08 Å². The minimum atomic E-state index is -0.548. The number of hydrogen-bond acceptors (Lipinski definition) is 4. The zero-order valence-corrected chi connectivity index (χ0v) is 10.1. The number of fused-ring (bicyclic) bond motifs is 1. The van der Waals surface area contributed by atoms with E-state index in [1.165, 1.54) is 6.08 Å². The van der Waals surface area contributed by atoms with Gasteiger partial charge < -0.3 is 19.9 Å². The Bertz CT molecular complexity index is 468. The number of carbonyl (C=O) groups is 1. The third-order valence-corrected chi connectivity index (χ3v) is 2.40. The van der Waals surface area contributed by atoms with Gasteiger partial charge in [-0.25, -0.2) is 0 Å². The van der Waals surface area contributed by atoms with Gasteiger partial charge in [0, 0.05) is 12.6 Å². The Labute approximate surface area is 105 Å². The Hall–Kier alpha value is -2.01. The molecule has 0 aliphatic carbocycles. The van der Waals surface area contributed by atoms with Crippen molar-refractivity contribution in [1.82, 2.24) is 5.32 Å². The van der Waals surface area contributed by atoms with Crippen molar-refractivity contribution in [2.45, 2.75) is 13.0 Å². The molecule has 0 aromatic heterocycles.